The van der Waals surface area contributed by atoms with Crippen LogP contribution >= 0.6 is 0 Å². The summed E-state index contributed by atoms with van der Waals surface area (Å²) in [5.74, 6) is -0.686. The molecule has 1 N–H and O–H groups in total. The fourth-order valence-corrected chi connectivity index (χ4v) is 5.02. The largest absolute Gasteiger partial charge is 0.322 e. The van der Waals surface area contributed by atoms with Gasteiger partial charge in [0, 0.05) is 11.3 Å². The summed E-state index contributed by atoms with van der Waals surface area (Å²) >= 11 is 0. The lowest BCUT2D eigenvalue weighted by Gasteiger charge is -2.18. The number of fused-ring (bicyclic) bond motifs is 5. The molecule has 2 fully saturated rings. The summed E-state index contributed by atoms with van der Waals surface area (Å²) in [6.45, 7) is 3.96. The highest BCUT2D eigenvalue weighted by Crippen LogP contribution is 2.53. The van der Waals surface area contributed by atoms with Crippen molar-refractivity contribution in [2.45, 2.75) is 20.3 Å². The number of rotatable bonds is 3. The van der Waals surface area contributed by atoms with Crippen LogP contribution in [0.3, 0.4) is 0 Å². The van der Waals surface area contributed by atoms with Gasteiger partial charge in [0.15, 0.2) is 0 Å². The number of nitrogens with zero attached hydrogens (tertiary/aromatic N) is 1. The van der Waals surface area contributed by atoms with Crippen LogP contribution in [0.1, 0.15) is 27.9 Å². The summed E-state index contributed by atoms with van der Waals surface area (Å²) in [5, 5.41) is 2.93. The second kappa shape index (κ2) is 6.41. The van der Waals surface area contributed by atoms with Gasteiger partial charge in [-0.15, -0.1) is 0 Å². The molecule has 0 radical (unpaired) electrons. The van der Waals surface area contributed by atoms with E-state index in [-0.39, 0.29) is 41.4 Å². The SMILES string of the molecule is Cc1cccc(NC(=O)c2cccc(N3C(=O)[C@H]4[C@H](C3=O)[C@H]3C=C[C@H]4C3)c2)c1C. The molecule has 5 nitrogen and oxygen atoms in total. The first-order chi connectivity index (χ1) is 14.0. The Morgan fingerprint density at radius 3 is 2.31 bits per heavy atom. The number of imide groups is 1. The maximum atomic E-state index is 13.0. The molecular formula is C24H22N2O3. The standard InChI is InChI=1S/C24H22N2O3/c1-13-5-3-8-19(14(13)2)25-22(27)17-6-4-7-18(12-17)26-23(28)20-15-9-10-16(11-15)21(20)24(26)29/h3-10,12,15-16,20-21H,11H2,1-2H3,(H,25,27)/t15-,16-,20+,21+/m0/s1. The Morgan fingerprint density at radius 1 is 0.966 bits per heavy atom. The van der Waals surface area contributed by atoms with Crippen molar-refractivity contribution in [1.82, 2.24) is 0 Å². The van der Waals surface area contributed by atoms with Crippen molar-refractivity contribution in [3.63, 3.8) is 0 Å². The van der Waals surface area contributed by atoms with E-state index in [2.05, 4.69) is 17.5 Å². The Kier molecular flexibility index (Phi) is 3.95. The summed E-state index contributed by atoms with van der Waals surface area (Å²) in [4.78, 5) is 40.1. The van der Waals surface area contributed by atoms with Crippen molar-refractivity contribution >= 4 is 29.1 Å². The molecule has 1 saturated carbocycles. The fourth-order valence-electron chi connectivity index (χ4n) is 5.02. The number of anilines is 2. The van der Waals surface area contributed by atoms with E-state index in [1.807, 2.05) is 32.0 Å². The average Bonchev–Trinajstić information content (AvgIpc) is 3.39. The third kappa shape index (κ3) is 2.64. The quantitative estimate of drug-likeness (QED) is 0.643. The lowest BCUT2D eigenvalue weighted by molar-refractivity contribution is -0.123. The topological polar surface area (TPSA) is 66.5 Å². The molecule has 1 heterocycles. The van der Waals surface area contributed by atoms with Gasteiger partial charge in [-0.05, 0) is 67.5 Å². The highest BCUT2D eigenvalue weighted by atomic mass is 16.2. The third-order valence-corrected chi connectivity index (χ3v) is 6.69. The zero-order chi connectivity index (χ0) is 20.3. The zero-order valence-corrected chi connectivity index (χ0v) is 16.4. The lowest BCUT2D eigenvalue weighted by Crippen LogP contribution is -2.33. The van der Waals surface area contributed by atoms with Gasteiger partial charge in [-0.25, -0.2) is 4.90 Å². The Hall–Kier alpha value is -3.21. The Balaban J connectivity index is 1.42. The molecule has 2 aromatic rings. The molecule has 146 valence electrons. The van der Waals surface area contributed by atoms with Crippen molar-refractivity contribution < 1.29 is 14.4 Å². The van der Waals surface area contributed by atoms with Crippen molar-refractivity contribution in [3.05, 3.63) is 71.3 Å². The minimum Gasteiger partial charge on any atom is -0.322 e. The monoisotopic (exact) mass is 386 g/mol. The van der Waals surface area contributed by atoms with E-state index >= 15 is 0 Å². The lowest BCUT2D eigenvalue weighted by atomic mass is 9.85. The van der Waals surface area contributed by atoms with Crippen LogP contribution in [0.2, 0.25) is 0 Å². The molecule has 2 bridgehead atoms. The van der Waals surface area contributed by atoms with Gasteiger partial charge in [-0.2, -0.15) is 0 Å². The molecule has 2 aliphatic carbocycles. The third-order valence-electron chi connectivity index (χ3n) is 6.69. The highest BCUT2D eigenvalue weighted by molar-refractivity contribution is 6.23. The number of hydrogen-bond donors (Lipinski definition) is 1. The Labute approximate surface area is 169 Å². The van der Waals surface area contributed by atoms with E-state index in [1.165, 1.54) is 4.90 Å². The summed E-state index contributed by atoms with van der Waals surface area (Å²) in [5.41, 5.74) is 3.76. The molecule has 3 amide bonds. The van der Waals surface area contributed by atoms with Gasteiger partial charge < -0.3 is 5.32 Å². The van der Waals surface area contributed by atoms with Gasteiger partial charge >= 0.3 is 0 Å². The molecule has 5 rings (SSSR count). The minimum absolute atomic E-state index is 0.135. The molecule has 0 spiro atoms. The molecular weight excluding hydrogens is 364 g/mol. The highest BCUT2D eigenvalue weighted by Gasteiger charge is 2.59. The van der Waals surface area contributed by atoms with Gasteiger partial charge in [0.05, 0.1) is 17.5 Å². The second-order valence-corrected chi connectivity index (χ2v) is 8.26. The van der Waals surface area contributed by atoms with Crippen LogP contribution in [-0.4, -0.2) is 17.7 Å². The number of allylic oxidation sites excluding steroid dienone is 2. The smallest absolute Gasteiger partial charge is 0.255 e. The molecule has 1 saturated heterocycles. The average molecular weight is 386 g/mol. The number of hydrogen-bond acceptors (Lipinski definition) is 3. The number of aryl methyl sites for hydroxylation is 1. The predicted octanol–water partition coefficient (Wildman–Crippen LogP) is 3.87. The molecule has 4 atom stereocenters. The van der Waals surface area contributed by atoms with Crippen molar-refractivity contribution in [1.29, 1.82) is 0 Å². The van der Waals surface area contributed by atoms with E-state index in [4.69, 9.17) is 0 Å². The van der Waals surface area contributed by atoms with Gasteiger partial charge in [-0.1, -0.05) is 30.4 Å². The maximum absolute atomic E-state index is 13.0. The van der Waals surface area contributed by atoms with Crippen molar-refractivity contribution in [2.24, 2.45) is 23.7 Å². The normalized spacial score (nSPS) is 26.9. The van der Waals surface area contributed by atoms with E-state index in [9.17, 15) is 14.4 Å². The predicted molar refractivity (Wildman–Crippen MR) is 111 cm³/mol. The molecule has 1 aliphatic heterocycles. The van der Waals surface area contributed by atoms with Crippen molar-refractivity contribution in [2.75, 3.05) is 10.2 Å². The zero-order valence-electron chi connectivity index (χ0n) is 16.4. The van der Waals surface area contributed by atoms with Crippen LogP contribution in [0, 0.1) is 37.5 Å². The fraction of sp³-hybridized carbons (Fsp3) is 0.292. The minimum atomic E-state index is -0.262. The summed E-state index contributed by atoms with van der Waals surface area (Å²) in [6, 6.07) is 12.5. The number of amides is 3. The number of carbonyl (C=O) groups excluding carboxylic acids is 3. The second-order valence-electron chi connectivity index (χ2n) is 8.26. The van der Waals surface area contributed by atoms with E-state index in [0.29, 0.717) is 11.3 Å². The van der Waals surface area contributed by atoms with Crippen molar-refractivity contribution in [3.8, 4) is 0 Å². The number of carbonyl (C=O) groups is 3. The van der Waals surface area contributed by atoms with Gasteiger partial charge in [0.2, 0.25) is 11.8 Å². The van der Waals surface area contributed by atoms with E-state index < -0.39 is 0 Å². The summed E-state index contributed by atoms with van der Waals surface area (Å²) in [7, 11) is 0. The van der Waals surface area contributed by atoms with Gasteiger partial charge in [0.25, 0.3) is 5.91 Å². The molecule has 0 unspecified atom stereocenters. The van der Waals surface area contributed by atoms with Crippen LogP contribution < -0.4 is 10.2 Å². The van der Waals surface area contributed by atoms with Crippen LogP contribution in [-0.2, 0) is 9.59 Å². The van der Waals surface area contributed by atoms with E-state index in [1.54, 1.807) is 24.3 Å². The Bertz CT molecular complexity index is 1060. The molecule has 5 heteroatoms. The summed E-state index contributed by atoms with van der Waals surface area (Å²) in [6.07, 6.45) is 5.06. The van der Waals surface area contributed by atoms with Crippen LogP contribution in [0.25, 0.3) is 0 Å². The van der Waals surface area contributed by atoms with Crippen LogP contribution in [0.4, 0.5) is 11.4 Å². The van der Waals surface area contributed by atoms with Crippen LogP contribution in [0.5, 0.6) is 0 Å². The number of nitrogens with one attached hydrogen (secondary N) is 1. The van der Waals surface area contributed by atoms with Gasteiger partial charge in [-0.3, -0.25) is 14.4 Å². The van der Waals surface area contributed by atoms with Gasteiger partial charge in [0.1, 0.15) is 0 Å². The molecule has 3 aliphatic rings. The maximum Gasteiger partial charge on any atom is 0.255 e. The number of benzene rings is 2. The first-order valence-electron chi connectivity index (χ1n) is 9.99. The van der Waals surface area contributed by atoms with E-state index in [0.717, 1.165) is 23.2 Å². The molecule has 29 heavy (non-hydrogen) atoms. The molecule has 0 aromatic heterocycles. The first-order valence-corrected chi connectivity index (χ1v) is 9.99. The van der Waals surface area contributed by atoms with Crippen LogP contribution in [0.15, 0.2) is 54.6 Å². The first kappa shape index (κ1) is 17.9. The molecule has 2 aromatic carbocycles. The summed E-state index contributed by atoms with van der Waals surface area (Å²) < 4.78 is 0. The Morgan fingerprint density at radius 2 is 1.62 bits per heavy atom.